The minimum atomic E-state index is -1.57. The van der Waals surface area contributed by atoms with Crippen molar-refractivity contribution in [1.29, 1.82) is 0 Å². The molecular formula is C19H15BO4. The van der Waals surface area contributed by atoms with Crippen molar-refractivity contribution in [2.24, 2.45) is 0 Å². The second-order valence-electron chi connectivity index (χ2n) is 5.55. The number of Topliss-reactive ketones (excluding diaryl/α,β-unsaturated/α-hetero) is 2. The van der Waals surface area contributed by atoms with Crippen molar-refractivity contribution in [2.45, 2.75) is 6.42 Å². The number of hydrogen-bond donors (Lipinski definition) is 2. The fourth-order valence-corrected chi connectivity index (χ4v) is 2.68. The molecule has 0 unspecified atom stereocenters. The van der Waals surface area contributed by atoms with E-state index in [1.165, 1.54) is 0 Å². The van der Waals surface area contributed by atoms with E-state index in [-0.39, 0.29) is 18.0 Å². The molecule has 0 aliphatic heterocycles. The van der Waals surface area contributed by atoms with Gasteiger partial charge >= 0.3 is 7.12 Å². The first-order valence-electron chi connectivity index (χ1n) is 7.56. The maximum absolute atomic E-state index is 12.4. The fraction of sp³-hybridized carbons (Fsp3) is 0.0526. The van der Waals surface area contributed by atoms with Crippen molar-refractivity contribution >= 4 is 34.9 Å². The Labute approximate surface area is 139 Å². The SMILES string of the molecule is O=C(CC(=O)c1ccc2c(B(O)O)cccc2c1)c1ccccc1. The highest BCUT2D eigenvalue weighted by Gasteiger charge is 2.17. The Morgan fingerprint density at radius 2 is 1.50 bits per heavy atom. The summed E-state index contributed by atoms with van der Waals surface area (Å²) in [6.07, 6.45) is -0.197. The number of carbonyl (C=O) groups is 2. The number of benzene rings is 3. The van der Waals surface area contributed by atoms with Gasteiger partial charge in [-0.2, -0.15) is 0 Å². The van der Waals surface area contributed by atoms with E-state index >= 15 is 0 Å². The van der Waals surface area contributed by atoms with Gasteiger partial charge in [-0.25, -0.2) is 0 Å². The Hall–Kier alpha value is -2.76. The molecule has 0 bridgehead atoms. The first kappa shape index (κ1) is 16.1. The molecule has 0 aromatic heterocycles. The third-order valence-electron chi connectivity index (χ3n) is 3.93. The van der Waals surface area contributed by atoms with Crippen LogP contribution in [0.25, 0.3) is 10.8 Å². The Morgan fingerprint density at radius 3 is 2.21 bits per heavy atom. The first-order valence-corrected chi connectivity index (χ1v) is 7.56. The van der Waals surface area contributed by atoms with Gasteiger partial charge in [0.2, 0.25) is 0 Å². The maximum Gasteiger partial charge on any atom is 0.489 e. The molecule has 3 aromatic carbocycles. The van der Waals surface area contributed by atoms with Gasteiger partial charge in [-0.15, -0.1) is 0 Å². The summed E-state index contributed by atoms with van der Waals surface area (Å²) in [6.45, 7) is 0. The molecule has 0 spiro atoms. The normalized spacial score (nSPS) is 10.6. The van der Waals surface area contributed by atoms with Gasteiger partial charge in [0.15, 0.2) is 11.6 Å². The average Bonchev–Trinajstić information content (AvgIpc) is 2.61. The van der Waals surface area contributed by atoms with E-state index in [9.17, 15) is 19.6 Å². The minimum absolute atomic E-state index is 0.197. The number of carbonyl (C=O) groups excluding carboxylic acids is 2. The largest absolute Gasteiger partial charge is 0.489 e. The van der Waals surface area contributed by atoms with Crippen LogP contribution in [-0.4, -0.2) is 28.7 Å². The molecule has 0 aliphatic rings. The Balaban J connectivity index is 1.87. The van der Waals surface area contributed by atoms with Crippen LogP contribution in [0.5, 0.6) is 0 Å². The molecule has 0 saturated heterocycles. The minimum Gasteiger partial charge on any atom is -0.423 e. The zero-order chi connectivity index (χ0) is 17.1. The summed E-state index contributed by atoms with van der Waals surface area (Å²) in [5.74, 6) is -0.485. The van der Waals surface area contributed by atoms with Gasteiger partial charge < -0.3 is 10.0 Å². The molecule has 24 heavy (non-hydrogen) atoms. The lowest BCUT2D eigenvalue weighted by molar-refractivity contribution is 0.0894. The molecule has 0 amide bonds. The van der Waals surface area contributed by atoms with E-state index in [0.29, 0.717) is 22.0 Å². The lowest BCUT2D eigenvalue weighted by atomic mass is 9.77. The van der Waals surface area contributed by atoms with Crippen molar-refractivity contribution in [1.82, 2.24) is 0 Å². The van der Waals surface area contributed by atoms with E-state index in [0.717, 1.165) is 5.39 Å². The topological polar surface area (TPSA) is 74.6 Å². The Bertz CT molecular complexity index is 904. The predicted molar refractivity (Wildman–Crippen MR) is 93.5 cm³/mol. The predicted octanol–water partition coefficient (Wildman–Crippen LogP) is 1.98. The Morgan fingerprint density at radius 1 is 0.792 bits per heavy atom. The van der Waals surface area contributed by atoms with Crippen LogP contribution in [0, 0.1) is 0 Å². The second-order valence-corrected chi connectivity index (χ2v) is 5.55. The van der Waals surface area contributed by atoms with Gasteiger partial charge in [0.05, 0.1) is 6.42 Å². The lowest BCUT2D eigenvalue weighted by Gasteiger charge is -2.07. The number of ketones is 2. The highest BCUT2D eigenvalue weighted by molar-refractivity contribution is 6.62. The van der Waals surface area contributed by atoms with E-state index < -0.39 is 7.12 Å². The molecule has 118 valence electrons. The molecule has 3 rings (SSSR count). The first-order chi connectivity index (χ1) is 11.6. The zero-order valence-corrected chi connectivity index (χ0v) is 12.8. The molecule has 0 saturated carbocycles. The molecule has 0 aliphatic carbocycles. The quantitative estimate of drug-likeness (QED) is 0.428. The van der Waals surface area contributed by atoms with E-state index in [2.05, 4.69) is 0 Å². The summed E-state index contributed by atoms with van der Waals surface area (Å²) in [7, 11) is -1.57. The lowest BCUT2D eigenvalue weighted by Crippen LogP contribution is -2.30. The van der Waals surface area contributed by atoms with Gasteiger partial charge in [0.1, 0.15) is 0 Å². The highest BCUT2D eigenvalue weighted by Crippen LogP contribution is 2.17. The molecule has 0 radical (unpaired) electrons. The monoisotopic (exact) mass is 318 g/mol. The summed E-state index contributed by atoms with van der Waals surface area (Å²) in [5, 5.41) is 20.2. The van der Waals surface area contributed by atoms with Crippen molar-refractivity contribution in [3.63, 3.8) is 0 Å². The van der Waals surface area contributed by atoms with Crippen molar-refractivity contribution in [3.05, 3.63) is 77.9 Å². The van der Waals surface area contributed by atoms with E-state index in [1.807, 2.05) is 6.07 Å². The smallest absolute Gasteiger partial charge is 0.423 e. The molecule has 0 atom stereocenters. The molecule has 4 nitrogen and oxygen atoms in total. The molecular weight excluding hydrogens is 303 g/mol. The van der Waals surface area contributed by atoms with Crippen LogP contribution < -0.4 is 5.46 Å². The maximum atomic E-state index is 12.4. The number of rotatable bonds is 5. The fourth-order valence-electron chi connectivity index (χ4n) is 2.68. The Kier molecular flexibility index (Phi) is 4.56. The van der Waals surface area contributed by atoms with E-state index in [4.69, 9.17) is 0 Å². The molecule has 0 heterocycles. The van der Waals surface area contributed by atoms with Crippen LogP contribution in [-0.2, 0) is 0 Å². The molecule has 5 heteroatoms. The van der Waals surface area contributed by atoms with Crippen LogP contribution >= 0.6 is 0 Å². The van der Waals surface area contributed by atoms with Gasteiger partial charge in [0, 0.05) is 11.1 Å². The summed E-state index contributed by atoms with van der Waals surface area (Å²) < 4.78 is 0. The third-order valence-corrected chi connectivity index (χ3v) is 3.93. The van der Waals surface area contributed by atoms with Crippen molar-refractivity contribution in [2.75, 3.05) is 0 Å². The van der Waals surface area contributed by atoms with Crippen LogP contribution in [0.15, 0.2) is 66.7 Å². The molecule has 0 fully saturated rings. The summed E-state index contributed by atoms with van der Waals surface area (Å²) >= 11 is 0. The molecule has 3 aromatic rings. The average molecular weight is 318 g/mol. The van der Waals surface area contributed by atoms with Gasteiger partial charge in [-0.05, 0) is 22.3 Å². The zero-order valence-electron chi connectivity index (χ0n) is 12.8. The molecule has 2 N–H and O–H groups in total. The standard InChI is InChI=1S/C19H15BO4/c21-18(13-5-2-1-3-6-13)12-19(22)15-9-10-16-14(11-15)7-4-8-17(16)20(23)24/h1-11,23-24H,12H2. The van der Waals surface area contributed by atoms with Crippen LogP contribution in [0.4, 0.5) is 0 Å². The third kappa shape index (κ3) is 3.27. The van der Waals surface area contributed by atoms with E-state index in [1.54, 1.807) is 60.7 Å². The highest BCUT2D eigenvalue weighted by atomic mass is 16.4. The summed E-state index contributed by atoms with van der Waals surface area (Å²) in [5.41, 5.74) is 1.32. The number of hydrogen-bond acceptors (Lipinski definition) is 4. The summed E-state index contributed by atoms with van der Waals surface area (Å²) in [4.78, 5) is 24.5. The van der Waals surface area contributed by atoms with Crippen molar-refractivity contribution in [3.8, 4) is 0 Å². The summed E-state index contributed by atoms with van der Waals surface area (Å²) in [6, 6.07) is 18.8. The second kappa shape index (κ2) is 6.78. The van der Waals surface area contributed by atoms with Gasteiger partial charge in [-0.3, -0.25) is 9.59 Å². The number of fused-ring (bicyclic) bond motifs is 1. The van der Waals surface area contributed by atoms with Crippen LogP contribution in [0.2, 0.25) is 0 Å². The van der Waals surface area contributed by atoms with Gasteiger partial charge in [0.25, 0.3) is 0 Å². The van der Waals surface area contributed by atoms with Crippen LogP contribution in [0.1, 0.15) is 27.1 Å². The van der Waals surface area contributed by atoms with Gasteiger partial charge in [-0.1, -0.05) is 60.7 Å². The van der Waals surface area contributed by atoms with Crippen LogP contribution in [0.3, 0.4) is 0 Å². The van der Waals surface area contributed by atoms with Crippen molar-refractivity contribution < 1.29 is 19.6 Å².